The number of halogens is 1. The van der Waals surface area contributed by atoms with Gasteiger partial charge in [0.05, 0.1) is 0 Å². The average molecular weight is 237 g/mol. The van der Waals surface area contributed by atoms with Gasteiger partial charge in [0, 0.05) is 0 Å². The van der Waals surface area contributed by atoms with Crippen LogP contribution in [-0.4, -0.2) is 13.1 Å². The van der Waals surface area contributed by atoms with Crippen molar-refractivity contribution in [2.24, 2.45) is 5.92 Å². The van der Waals surface area contributed by atoms with Crippen molar-refractivity contribution >= 4 is 0 Å². The Bertz CT molecular complexity index is 334. The Labute approximate surface area is 104 Å². The van der Waals surface area contributed by atoms with Crippen LogP contribution < -0.4 is 5.32 Å². The average Bonchev–Trinajstić information content (AvgIpc) is 2.27. The third-order valence-electron chi connectivity index (χ3n) is 2.86. The summed E-state index contributed by atoms with van der Waals surface area (Å²) in [4.78, 5) is 0. The third kappa shape index (κ3) is 5.83. The van der Waals surface area contributed by atoms with E-state index in [0.717, 1.165) is 43.5 Å². The molecule has 0 aliphatic heterocycles. The quantitative estimate of drug-likeness (QED) is 0.713. The molecule has 0 saturated heterocycles. The fraction of sp³-hybridized carbons (Fsp3) is 0.600. The van der Waals surface area contributed by atoms with Crippen molar-refractivity contribution in [2.75, 3.05) is 13.1 Å². The molecule has 0 atom stereocenters. The van der Waals surface area contributed by atoms with Gasteiger partial charge in [-0.25, -0.2) is 4.39 Å². The monoisotopic (exact) mass is 237 g/mol. The van der Waals surface area contributed by atoms with E-state index in [1.54, 1.807) is 13.0 Å². The zero-order valence-corrected chi connectivity index (χ0v) is 11.2. The van der Waals surface area contributed by atoms with Crippen LogP contribution in [0, 0.1) is 18.7 Å². The number of unbranched alkanes of at least 4 members (excludes halogenated alkanes) is 1. The Morgan fingerprint density at radius 2 is 2.00 bits per heavy atom. The van der Waals surface area contributed by atoms with E-state index in [-0.39, 0.29) is 5.82 Å². The van der Waals surface area contributed by atoms with Crippen molar-refractivity contribution in [3.05, 3.63) is 35.1 Å². The molecule has 0 saturated carbocycles. The summed E-state index contributed by atoms with van der Waals surface area (Å²) >= 11 is 0. The summed E-state index contributed by atoms with van der Waals surface area (Å²) in [6.07, 6.45) is 3.25. The molecule has 17 heavy (non-hydrogen) atoms. The van der Waals surface area contributed by atoms with E-state index in [9.17, 15) is 4.39 Å². The molecule has 0 spiro atoms. The van der Waals surface area contributed by atoms with Crippen molar-refractivity contribution in [3.63, 3.8) is 0 Å². The molecule has 2 heteroatoms. The first-order chi connectivity index (χ1) is 8.09. The van der Waals surface area contributed by atoms with Crippen LogP contribution in [0.4, 0.5) is 4.39 Å². The maximum absolute atomic E-state index is 13.3. The number of hydrogen-bond donors (Lipinski definition) is 1. The molecule has 0 unspecified atom stereocenters. The highest BCUT2D eigenvalue weighted by Crippen LogP contribution is 2.11. The second kappa shape index (κ2) is 7.44. The van der Waals surface area contributed by atoms with Crippen LogP contribution in [0.3, 0.4) is 0 Å². The SMILES string of the molecule is Cc1ccc(CCCCNCC(C)C)cc1F. The molecule has 0 aliphatic rings. The Morgan fingerprint density at radius 1 is 1.24 bits per heavy atom. The molecule has 1 aromatic carbocycles. The van der Waals surface area contributed by atoms with Crippen molar-refractivity contribution in [1.29, 1.82) is 0 Å². The van der Waals surface area contributed by atoms with Crippen molar-refractivity contribution in [2.45, 2.75) is 40.0 Å². The molecule has 1 aromatic rings. The van der Waals surface area contributed by atoms with E-state index in [1.807, 2.05) is 12.1 Å². The number of aryl methyl sites for hydroxylation is 2. The van der Waals surface area contributed by atoms with Gasteiger partial charge in [0.25, 0.3) is 0 Å². The Morgan fingerprint density at radius 3 is 2.65 bits per heavy atom. The summed E-state index contributed by atoms with van der Waals surface area (Å²) in [5.74, 6) is 0.627. The summed E-state index contributed by atoms with van der Waals surface area (Å²) in [7, 11) is 0. The van der Waals surface area contributed by atoms with E-state index in [1.165, 1.54) is 0 Å². The zero-order chi connectivity index (χ0) is 12.7. The standard InChI is InChI=1S/C15H24FN/c1-12(2)11-17-9-5-4-6-14-8-7-13(3)15(16)10-14/h7-8,10,12,17H,4-6,9,11H2,1-3H3. The van der Waals surface area contributed by atoms with Gasteiger partial charge >= 0.3 is 0 Å². The van der Waals surface area contributed by atoms with E-state index in [2.05, 4.69) is 19.2 Å². The minimum atomic E-state index is -0.0829. The van der Waals surface area contributed by atoms with Crippen LogP contribution in [0.25, 0.3) is 0 Å². The van der Waals surface area contributed by atoms with E-state index in [0.29, 0.717) is 5.92 Å². The lowest BCUT2D eigenvalue weighted by Crippen LogP contribution is -2.20. The predicted molar refractivity (Wildman–Crippen MR) is 71.8 cm³/mol. The summed E-state index contributed by atoms with van der Waals surface area (Å²) in [6.45, 7) is 8.37. The molecule has 0 amide bonds. The number of rotatable bonds is 7. The van der Waals surface area contributed by atoms with Crippen LogP contribution in [0.15, 0.2) is 18.2 Å². The van der Waals surface area contributed by atoms with Gasteiger partial charge in [-0.2, -0.15) is 0 Å². The van der Waals surface area contributed by atoms with Gasteiger partial charge in [-0.1, -0.05) is 26.0 Å². The smallest absolute Gasteiger partial charge is 0.126 e. The van der Waals surface area contributed by atoms with Crippen LogP contribution in [-0.2, 0) is 6.42 Å². The van der Waals surface area contributed by atoms with Crippen molar-refractivity contribution in [3.8, 4) is 0 Å². The predicted octanol–water partition coefficient (Wildman–Crippen LogP) is 3.70. The number of nitrogens with one attached hydrogen (secondary N) is 1. The Kier molecular flexibility index (Phi) is 6.20. The molecule has 0 bridgehead atoms. The topological polar surface area (TPSA) is 12.0 Å². The molecule has 0 heterocycles. The van der Waals surface area contributed by atoms with E-state index in [4.69, 9.17) is 0 Å². The minimum Gasteiger partial charge on any atom is -0.316 e. The van der Waals surface area contributed by atoms with Crippen molar-refractivity contribution < 1.29 is 4.39 Å². The fourth-order valence-electron chi connectivity index (χ4n) is 1.76. The molecule has 1 N–H and O–H groups in total. The van der Waals surface area contributed by atoms with Gasteiger partial charge in [0.1, 0.15) is 5.82 Å². The lowest BCUT2D eigenvalue weighted by Gasteiger charge is -2.07. The van der Waals surface area contributed by atoms with Crippen LogP contribution in [0.2, 0.25) is 0 Å². The number of hydrogen-bond acceptors (Lipinski definition) is 1. The maximum atomic E-state index is 13.3. The first-order valence-corrected chi connectivity index (χ1v) is 6.55. The maximum Gasteiger partial charge on any atom is 0.126 e. The van der Waals surface area contributed by atoms with E-state index >= 15 is 0 Å². The van der Waals surface area contributed by atoms with Crippen LogP contribution in [0.5, 0.6) is 0 Å². The summed E-state index contributed by atoms with van der Waals surface area (Å²) < 4.78 is 13.3. The van der Waals surface area contributed by atoms with Gasteiger partial charge < -0.3 is 5.32 Å². The largest absolute Gasteiger partial charge is 0.316 e. The van der Waals surface area contributed by atoms with Gasteiger partial charge in [-0.3, -0.25) is 0 Å². The second-order valence-corrected chi connectivity index (χ2v) is 5.14. The minimum absolute atomic E-state index is 0.0829. The Balaban J connectivity index is 2.16. The van der Waals surface area contributed by atoms with Gasteiger partial charge in [-0.15, -0.1) is 0 Å². The lowest BCUT2D eigenvalue weighted by molar-refractivity contribution is 0.535. The normalized spacial score (nSPS) is 11.1. The van der Waals surface area contributed by atoms with Crippen LogP contribution in [0.1, 0.15) is 37.8 Å². The highest BCUT2D eigenvalue weighted by Gasteiger charge is 1.99. The molecule has 96 valence electrons. The summed E-state index contributed by atoms with van der Waals surface area (Å²) in [5.41, 5.74) is 1.84. The second-order valence-electron chi connectivity index (χ2n) is 5.14. The van der Waals surface area contributed by atoms with Gasteiger partial charge in [0.15, 0.2) is 0 Å². The number of benzene rings is 1. The van der Waals surface area contributed by atoms with Gasteiger partial charge in [-0.05, 0) is 62.4 Å². The third-order valence-corrected chi connectivity index (χ3v) is 2.86. The molecule has 1 rings (SSSR count). The molecule has 0 aliphatic carbocycles. The first kappa shape index (κ1) is 14.2. The zero-order valence-electron chi connectivity index (χ0n) is 11.2. The highest BCUT2D eigenvalue weighted by atomic mass is 19.1. The molecule has 0 aromatic heterocycles. The summed E-state index contributed by atoms with van der Waals surface area (Å²) in [6, 6.07) is 5.55. The van der Waals surface area contributed by atoms with Gasteiger partial charge in [0.2, 0.25) is 0 Å². The highest BCUT2D eigenvalue weighted by molar-refractivity contribution is 5.23. The first-order valence-electron chi connectivity index (χ1n) is 6.55. The van der Waals surface area contributed by atoms with Crippen molar-refractivity contribution in [1.82, 2.24) is 5.32 Å². The lowest BCUT2D eigenvalue weighted by atomic mass is 10.1. The molecular formula is C15H24FN. The summed E-state index contributed by atoms with van der Waals surface area (Å²) in [5, 5.41) is 3.42. The molecular weight excluding hydrogens is 213 g/mol. The van der Waals surface area contributed by atoms with Crippen LogP contribution >= 0.6 is 0 Å². The molecule has 0 radical (unpaired) electrons. The Hall–Kier alpha value is -0.890. The van der Waals surface area contributed by atoms with E-state index < -0.39 is 0 Å². The fourth-order valence-corrected chi connectivity index (χ4v) is 1.76. The molecule has 0 fully saturated rings. The molecule has 1 nitrogen and oxygen atoms in total.